The van der Waals surface area contributed by atoms with Gasteiger partial charge in [0.1, 0.15) is 0 Å². The molecule has 0 aliphatic carbocycles. The van der Waals surface area contributed by atoms with Crippen LogP contribution in [0.3, 0.4) is 0 Å². The van der Waals surface area contributed by atoms with Crippen LogP contribution in [0, 0.1) is 5.92 Å². The molecule has 3 heteroatoms. The van der Waals surface area contributed by atoms with Gasteiger partial charge in [-0.15, -0.1) is 11.3 Å². The number of nitrogens with one attached hydrogen (secondary N) is 1. The number of aryl methyl sites for hydroxylation is 1. The lowest BCUT2D eigenvalue weighted by Crippen LogP contribution is -2.33. The topological polar surface area (TPSA) is 21.3 Å². The monoisotopic (exact) mass is 295 g/mol. The van der Waals surface area contributed by atoms with Crippen LogP contribution in [0.5, 0.6) is 0 Å². The maximum absolute atomic E-state index is 5.47. The molecular formula is C17H29NOS. The average Bonchev–Trinajstić information content (AvgIpc) is 2.99. The maximum Gasteiger partial charge on any atom is 0.0468 e. The second kappa shape index (κ2) is 9.54. The molecule has 1 N–H and O–H groups in total. The Kier molecular flexibility index (Phi) is 7.63. The molecule has 0 spiro atoms. The molecule has 1 unspecified atom stereocenters. The summed E-state index contributed by atoms with van der Waals surface area (Å²) in [5, 5.41) is 5.94. The van der Waals surface area contributed by atoms with Crippen LogP contribution in [-0.4, -0.2) is 25.8 Å². The van der Waals surface area contributed by atoms with Crippen molar-refractivity contribution in [3.63, 3.8) is 0 Å². The molecule has 1 saturated heterocycles. The van der Waals surface area contributed by atoms with Crippen LogP contribution in [-0.2, 0) is 11.2 Å². The molecule has 1 atom stereocenters. The molecule has 1 aromatic heterocycles. The van der Waals surface area contributed by atoms with Crippen LogP contribution in [0.4, 0.5) is 0 Å². The molecule has 2 rings (SSSR count). The number of thiophene rings is 1. The largest absolute Gasteiger partial charge is 0.381 e. The van der Waals surface area contributed by atoms with Gasteiger partial charge in [-0.25, -0.2) is 0 Å². The number of ether oxygens (including phenoxy) is 1. The van der Waals surface area contributed by atoms with Crippen LogP contribution in [0.15, 0.2) is 17.5 Å². The molecule has 0 aromatic carbocycles. The van der Waals surface area contributed by atoms with Crippen molar-refractivity contribution in [2.45, 2.75) is 57.9 Å². The first-order chi connectivity index (χ1) is 9.88. The van der Waals surface area contributed by atoms with Crippen molar-refractivity contribution in [3.05, 3.63) is 22.4 Å². The Hall–Kier alpha value is -0.380. The van der Waals surface area contributed by atoms with E-state index in [0.717, 1.165) is 25.7 Å². The molecule has 1 fully saturated rings. The fraction of sp³-hybridized carbons (Fsp3) is 0.765. The molecule has 0 saturated carbocycles. The Bertz CT molecular complexity index is 333. The summed E-state index contributed by atoms with van der Waals surface area (Å²) in [6.45, 7) is 5.36. The van der Waals surface area contributed by atoms with Crippen LogP contribution in [0.1, 0.15) is 50.3 Å². The van der Waals surface area contributed by atoms with Gasteiger partial charge in [0.05, 0.1) is 0 Å². The highest BCUT2D eigenvalue weighted by molar-refractivity contribution is 7.09. The number of hydrogen-bond donors (Lipinski definition) is 1. The highest BCUT2D eigenvalue weighted by atomic mass is 32.1. The van der Waals surface area contributed by atoms with E-state index in [-0.39, 0.29) is 0 Å². The van der Waals surface area contributed by atoms with Crippen molar-refractivity contribution in [2.75, 3.05) is 19.8 Å². The molecule has 1 aliphatic heterocycles. The maximum atomic E-state index is 5.47. The zero-order valence-corrected chi connectivity index (χ0v) is 13.6. The lowest BCUT2D eigenvalue weighted by molar-refractivity contribution is 0.0601. The van der Waals surface area contributed by atoms with E-state index in [9.17, 15) is 0 Å². The van der Waals surface area contributed by atoms with E-state index < -0.39 is 0 Å². The second-order valence-electron chi connectivity index (χ2n) is 5.91. The van der Waals surface area contributed by atoms with Gasteiger partial charge in [-0.2, -0.15) is 0 Å². The Morgan fingerprint density at radius 2 is 2.25 bits per heavy atom. The average molecular weight is 295 g/mol. The predicted octanol–water partition coefficient (Wildman–Crippen LogP) is 4.26. The van der Waals surface area contributed by atoms with Gasteiger partial charge in [0.25, 0.3) is 0 Å². The highest BCUT2D eigenvalue weighted by Gasteiger charge is 2.18. The lowest BCUT2D eigenvalue weighted by atomic mass is 9.90. The molecule has 0 radical (unpaired) electrons. The zero-order chi connectivity index (χ0) is 14.0. The van der Waals surface area contributed by atoms with Gasteiger partial charge in [-0.3, -0.25) is 0 Å². The number of hydrogen-bond acceptors (Lipinski definition) is 3. The second-order valence-corrected chi connectivity index (χ2v) is 6.95. The van der Waals surface area contributed by atoms with Crippen molar-refractivity contribution in [1.82, 2.24) is 5.32 Å². The molecule has 20 heavy (non-hydrogen) atoms. The zero-order valence-electron chi connectivity index (χ0n) is 12.8. The van der Waals surface area contributed by atoms with Gasteiger partial charge >= 0.3 is 0 Å². The molecule has 114 valence electrons. The fourth-order valence-electron chi connectivity index (χ4n) is 3.01. The van der Waals surface area contributed by atoms with Gasteiger partial charge in [-0.05, 0) is 68.9 Å². The Morgan fingerprint density at radius 1 is 1.40 bits per heavy atom. The first-order valence-corrected chi connectivity index (χ1v) is 9.10. The van der Waals surface area contributed by atoms with Crippen LogP contribution >= 0.6 is 11.3 Å². The molecule has 0 bridgehead atoms. The van der Waals surface area contributed by atoms with Gasteiger partial charge < -0.3 is 10.1 Å². The summed E-state index contributed by atoms with van der Waals surface area (Å²) in [6.07, 6.45) is 8.96. The van der Waals surface area contributed by atoms with E-state index in [1.54, 1.807) is 0 Å². The van der Waals surface area contributed by atoms with Gasteiger partial charge in [0, 0.05) is 24.1 Å². The first kappa shape index (κ1) is 16.0. The van der Waals surface area contributed by atoms with Crippen molar-refractivity contribution in [1.29, 1.82) is 0 Å². The minimum Gasteiger partial charge on any atom is -0.381 e. The van der Waals surface area contributed by atoms with Crippen LogP contribution < -0.4 is 5.32 Å². The molecule has 0 amide bonds. The van der Waals surface area contributed by atoms with Crippen molar-refractivity contribution in [2.24, 2.45) is 5.92 Å². The van der Waals surface area contributed by atoms with Gasteiger partial charge in [0.2, 0.25) is 0 Å². The van der Waals surface area contributed by atoms with Crippen LogP contribution in [0.2, 0.25) is 0 Å². The van der Waals surface area contributed by atoms with Crippen molar-refractivity contribution < 1.29 is 4.74 Å². The Morgan fingerprint density at radius 3 is 2.95 bits per heavy atom. The normalized spacial score (nSPS) is 18.2. The molecule has 1 aromatic rings. The molecule has 1 aliphatic rings. The highest BCUT2D eigenvalue weighted by Crippen LogP contribution is 2.22. The summed E-state index contributed by atoms with van der Waals surface area (Å²) in [6, 6.07) is 5.13. The first-order valence-electron chi connectivity index (χ1n) is 8.22. The third-order valence-corrected chi connectivity index (χ3v) is 5.13. The summed E-state index contributed by atoms with van der Waals surface area (Å²) in [7, 11) is 0. The SMILES string of the molecule is CCCNC(CCCc1cccs1)CC1CCOCC1. The van der Waals surface area contributed by atoms with E-state index >= 15 is 0 Å². The summed E-state index contributed by atoms with van der Waals surface area (Å²) in [5.74, 6) is 0.875. The van der Waals surface area contributed by atoms with E-state index in [1.165, 1.54) is 49.8 Å². The van der Waals surface area contributed by atoms with E-state index in [0.29, 0.717) is 6.04 Å². The fourth-order valence-corrected chi connectivity index (χ4v) is 3.76. The summed E-state index contributed by atoms with van der Waals surface area (Å²) in [4.78, 5) is 1.53. The minimum atomic E-state index is 0.706. The minimum absolute atomic E-state index is 0.706. The molecule has 2 nitrogen and oxygen atoms in total. The summed E-state index contributed by atoms with van der Waals surface area (Å²) in [5.41, 5.74) is 0. The number of rotatable bonds is 9. The quantitative estimate of drug-likeness (QED) is 0.735. The Labute approximate surface area is 127 Å². The Balaban J connectivity index is 1.70. The predicted molar refractivity (Wildman–Crippen MR) is 87.5 cm³/mol. The van der Waals surface area contributed by atoms with E-state index in [4.69, 9.17) is 4.74 Å². The van der Waals surface area contributed by atoms with Crippen molar-refractivity contribution >= 4 is 11.3 Å². The van der Waals surface area contributed by atoms with Gasteiger partial charge in [-0.1, -0.05) is 13.0 Å². The summed E-state index contributed by atoms with van der Waals surface area (Å²) < 4.78 is 5.47. The third kappa shape index (κ3) is 5.94. The van der Waals surface area contributed by atoms with Crippen LogP contribution in [0.25, 0.3) is 0 Å². The third-order valence-electron chi connectivity index (χ3n) is 4.20. The summed E-state index contributed by atoms with van der Waals surface area (Å²) >= 11 is 1.89. The van der Waals surface area contributed by atoms with E-state index in [1.807, 2.05) is 11.3 Å². The molecular weight excluding hydrogens is 266 g/mol. The van der Waals surface area contributed by atoms with Gasteiger partial charge in [0.15, 0.2) is 0 Å². The lowest BCUT2D eigenvalue weighted by Gasteiger charge is -2.27. The smallest absolute Gasteiger partial charge is 0.0468 e. The van der Waals surface area contributed by atoms with E-state index in [2.05, 4.69) is 29.8 Å². The standard InChI is InChI=1S/C17H29NOS/c1-2-10-18-16(14-15-8-11-19-12-9-15)5-3-6-17-7-4-13-20-17/h4,7,13,15-16,18H,2-3,5-6,8-12,14H2,1H3. The van der Waals surface area contributed by atoms with Crippen molar-refractivity contribution in [3.8, 4) is 0 Å². The molecule has 2 heterocycles.